The highest BCUT2D eigenvalue weighted by Crippen LogP contribution is 2.33. The second-order valence-electron chi connectivity index (χ2n) is 9.45. The molecular weight excluding hydrogens is 484 g/mol. The minimum atomic E-state index is -0.0832. The van der Waals surface area contributed by atoms with Crippen molar-refractivity contribution < 1.29 is 14.3 Å². The summed E-state index contributed by atoms with van der Waals surface area (Å²) in [6, 6.07) is 14.5. The van der Waals surface area contributed by atoms with Crippen molar-refractivity contribution in [1.29, 1.82) is 0 Å². The Bertz CT molecular complexity index is 1330. The Kier molecular flexibility index (Phi) is 8.38. The van der Waals surface area contributed by atoms with Crippen LogP contribution in [0.2, 0.25) is 0 Å². The Balaban J connectivity index is 1.25. The molecule has 3 heterocycles. The lowest BCUT2D eigenvalue weighted by Gasteiger charge is -2.21. The molecule has 0 unspecified atom stereocenters. The van der Waals surface area contributed by atoms with Crippen molar-refractivity contribution in [1.82, 2.24) is 20.2 Å². The highest BCUT2D eigenvalue weighted by molar-refractivity contribution is 7.09. The lowest BCUT2D eigenvalue weighted by atomic mass is 10.1. The second kappa shape index (κ2) is 12.3. The highest BCUT2D eigenvalue weighted by Gasteiger charge is 2.17. The van der Waals surface area contributed by atoms with Crippen LogP contribution in [0.1, 0.15) is 59.2 Å². The van der Waals surface area contributed by atoms with Crippen LogP contribution < -0.4 is 14.8 Å². The van der Waals surface area contributed by atoms with Gasteiger partial charge < -0.3 is 19.8 Å². The predicted octanol–water partition coefficient (Wildman–Crippen LogP) is 5.91. The van der Waals surface area contributed by atoms with Crippen LogP contribution in [0.5, 0.6) is 11.5 Å². The maximum atomic E-state index is 12.6. The van der Waals surface area contributed by atoms with Gasteiger partial charge in [0.1, 0.15) is 10.7 Å². The highest BCUT2D eigenvalue weighted by atomic mass is 32.1. The van der Waals surface area contributed by atoms with Gasteiger partial charge in [-0.05, 0) is 42.2 Å². The molecule has 37 heavy (non-hydrogen) atoms. The first kappa shape index (κ1) is 25.3. The van der Waals surface area contributed by atoms with Crippen molar-refractivity contribution in [2.24, 2.45) is 0 Å². The average molecular weight is 519 g/mol. The van der Waals surface area contributed by atoms with Crippen molar-refractivity contribution in [3.63, 3.8) is 0 Å². The number of fused-ring (bicyclic) bond motifs is 2. The Morgan fingerprint density at radius 2 is 2.00 bits per heavy atom. The summed E-state index contributed by atoms with van der Waals surface area (Å²) in [7, 11) is 0. The Labute approximate surface area is 221 Å². The Morgan fingerprint density at radius 1 is 1.11 bits per heavy atom. The summed E-state index contributed by atoms with van der Waals surface area (Å²) >= 11 is 1.55. The van der Waals surface area contributed by atoms with Gasteiger partial charge in [-0.1, -0.05) is 50.5 Å². The third-order valence-corrected chi connectivity index (χ3v) is 7.51. The molecule has 1 aliphatic rings. The van der Waals surface area contributed by atoms with Crippen LogP contribution in [-0.2, 0) is 19.5 Å². The number of benzene rings is 2. The lowest BCUT2D eigenvalue weighted by molar-refractivity contribution is 0.0948. The van der Waals surface area contributed by atoms with Crippen LogP contribution in [0.15, 0.2) is 54.0 Å². The first-order valence-corrected chi connectivity index (χ1v) is 14.0. The predicted molar refractivity (Wildman–Crippen MR) is 147 cm³/mol. The number of amides is 1. The third-order valence-electron chi connectivity index (χ3n) is 6.67. The summed E-state index contributed by atoms with van der Waals surface area (Å²) in [6.07, 6.45) is 7.56. The molecule has 0 saturated carbocycles. The van der Waals surface area contributed by atoms with Gasteiger partial charge in [-0.25, -0.2) is 4.98 Å². The van der Waals surface area contributed by atoms with Gasteiger partial charge in [0, 0.05) is 42.1 Å². The number of carbonyl (C=O) groups is 1. The van der Waals surface area contributed by atoms with E-state index in [4.69, 9.17) is 9.47 Å². The largest absolute Gasteiger partial charge is 0.454 e. The number of hydrogen-bond donors (Lipinski definition) is 2. The number of carbonyl (C=O) groups excluding carboxylic acids is 1. The molecule has 0 atom stereocenters. The molecule has 194 valence electrons. The minimum Gasteiger partial charge on any atom is -0.454 e. The SMILES string of the molecule is CCCCCCNC(=O)c1csc(CN(CCc2c[nH]c3ccccc23)Cc2ccc3c(c2)OCO3)n1. The standard InChI is InChI=1S/C29H34N4O3S/c1-2-3-4-7-13-30-29(34)25-19-37-28(32-25)18-33(17-21-10-11-26-27(15-21)36-20-35-26)14-12-22-16-31-24-9-6-5-8-23(22)24/h5-6,8-11,15-16,19,31H,2-4,7,12-14,17-18,20H2,1H3,(H,30,34). The Hall–Kier alpha value is -3.36. The molecule has 0 radical (unpaired) electrons. The maximum absolute atomic E-state index is 12.6. The number of para-hydroxylation sites is 1. The van der Waals surface area contributed by atoms with E-state index in [0.717, 1.165) is 59.9 Å². The Morgan fingerprint density at radius 3 is 2.92 bits per heavy atom. The molecule has 0 saturated heterocycles. The van der Waals surface area contributed by atoms with E-state index in [1.54, 1.807) is 11.3 Å². The fourth-order valence-corrected chi connectivity index (χ4v) is 5.47. The van der Waals surface area contributed by atoms with Crippen molar-refractivity contribution in [2.75, 3.05) is 19.9 Å². The van der Waals surface area contributed by atoms with E-state index in [2.05, 4.69) is 69.7 Å². The molecular formula is C29H34N4O3S. The van der Waals surface area contributed by atoms with Crippen LogP contribution >= 0.6 is 11.3 Å². The summed E-state index contributed by atoms with van der Waals surface area (Å²) in [5.41, 5.74) is 4.12. The van der Waals surface area contributed by atoms with Gasteiger partial charge in [-0.3, -0.25) is 9.69 Å². The van der Waals surface area contributed by atoms with Crippen LogP contribution in [0.3, 0.4) is 0 Å². The quantitative estimate of drug-likeness (QED) is 0.215. The number of thiazole rings is 1. The smallest absolute Gasteiger partial charge is 0.270 e. The maximum Gasteiger partial charge on any atom is 0.270 e. The van der Waals surface area contributed by atoms with E-state index in [1.807, 2.05) is 11.4 Å². The van der Waals surface area contributed by atoms with Crippen molar-refractivity contribution in [3.8, 4) is 11.5 Å². The fourth-order valence-electron chi connectivity index (χ4n) is 4.65. The number of hydrogen-bond acceptors (Lipinski definition) is 6. The van der Waals surface area contributed by atoms with E-state index in [-0.39, 0.29) is 12.7 Å². The molecule has 4 aromatic rings. The zero-order valence-corrected chi connectivity index (χ0v) is 22.1. The zero-order chi connectivity index (χ0) is 25.5. The molecule has 0 fully saturated rings. The molecule has 5 rings (SSSR count). The summed E-state index contributed by atoms with van der Waals surface area (Å²) in [4.78, 5) is 23.0. The van der Waals surface area contributed by atoms with Crippen LogP contribution in [-0.4, -0.2) is 40.7 Å². The molecule has 0 bridgehead atoms. The fraction of sp³-hybridized carbons (Fsp3) is 0.379. The molecule has 0 aliphatic carbocycles. The van der Waals surface area contributed by atoms with Crippen LogP contribution in [0.4, 0.5) is 0 Å². The normalized spacial score (nSPS) is 12.5. The molecule has 7 nitrogen and oxygen atoms in total. The van der Waals surface area contributed by atoms with Crippen LogP contribution in [0, 0.1) is 0 Å². The molecule has 2 aromatic carbocycles. The number of aromatic nitrogens is 2. The molecule has 8 heteroatoms. The van der Waals surface area contributed by atoms with E-state index >= 15 is 0 Å². The molecule has 2 aromatic heterocycles. The van der Waals surface area contributed by atoms with Gasteiger partial charge in [-0.2, -0.15) is 0 Å². The lowest BCUT2D eigenvalue weighted by Crippen LogP contribution is -2.26. The molecule has 1 amide bonds. The topological polar surface area (TPSA) is 79.5 Å². The third kappa shape index (κ3) is 6.50. The van der Waals surface area contributed by atoms with E-state index in [9.17, 15) is 4.79 Å². The summed E-state index contributed by atoms with van der Waals surface area (Å²) < 4.78 is 11.1. The summed E-state index contributed by atoms with van der Waals surface area (Å²) in [5, 5.41) is 7.08. The molecule has 0 spiro atoms. The summed E-state index contributed by atoms with van der Waals surface area (Å²) in [5.74, 6) is 1.50. The van der Waals surface area contributed by atoms with Crippen molar-refractivity contribution in [3.05, 3.63) is 75.9 Å². The van der Waals surface area contributed by atoms with E-state index in [1.165, 1.54) is 23.8 Å². The number of nitrogens with zero attached hydrogens (tertiary/aromatic N) is 2. The van der Waals surface area contributed by atoms with E-state index in [0.29, 0.717) is 18.8 Å². The monoisotopic (exact) mass is 518 g/mol. The number of nitrogens with one attached hydrogen (secondary N) is 2. The zero-order valence-electron chi connectivity index (χ0n) is 21.3. The number of rotatable bonds is 13. The average Bonchev–Trinajstić information content (AvgIpc) is 3.67. The van der Waals surface area contributed by atoms with Gasteiger partial charge >= 0.3 is 0 Å². The first-order chi connectivity index (χ1) is 18.2. The van der Waals surface area contributed by atoms with Crippen molar-refractivity contribution in [2.45, 2.75) is 52.1 Å². The van der Waals surface area contributed by atoms with Gasteiger partial charge in [0.15, 0.2) is 11.5 Å². The number of unbranched alkanes of at least 4 members (excludes halogenated alkanes) is 3. The van der Waals surface area contributed by atoms with Gasteiger partial charge in [-0.15, -0.1) is 11.3 Å². The molecule has 2 N–H and O–H groups in total. The number of aromatic amines is 1. The van der Waals surface area contributed by atoms with Gasteiger partial charge in [0.2, 0.25) is 6.79 Å². The first-order valence-electron chi connectivity index (χ1n) is 13.1. The van der Waals surface area contributed by atoms with Crippen LogP contribution in [0.25, 0.3) is 10.9 Å². The number of H-pyrrole nitrogens is 1. The van der Waals surface area contributed by atoms with Gasteiger partial charge in [0.05, 0.1) is 6.54 Å². The second-order valence-corrected chi connectivity index (χ2v) is 10.4. The van der Waals surface area contributed by atoms with Crippen molar-refractivity contribution >= 4 is 28.1 Å². The molecule has 1 aliphatic heterocycles. The van der Waals surface area contributed by atoms with E-state index < -0.39 is 0 Å². The number of ether oxygens (including phenoxy) is 2. The minimum absolute atomic E-state index is 0.0832. The summed E-state index contributed by atoms with van der Waals surface area (Å²) in [6.45, 7) is 5.43. The van der Waals surface area contributed by atoms with Gasteiger partial charge in [0.25, 0.3) is 5.91 Å².